The Morgan fingerprint density at radius 1 is 1.19 bits per heavy atom. The molecule has 1 heterocycles. The van der Waals surface area contributed by atoms with E-state index in [2.05, 4.69) is 22.4 Å². The highest BCUT2D eigenvalue weighted by Gasteiger charge is 1.97. The van der Waals surface area contributed by atoms with Crippen molar-refractivity contribution in [2.45, 2.75) is 13.3 Å². The first-order valence-electron chi connectivity index (χ1n) is 5.23. The van der Waals surface area contributed by atoms with Crippen molar-refractivity contribution in [1.29, 1.82) is 0 Å². The van der Waals surface area contributed by atoms with Gasteiger partial charge < -0.3 is 11.1 Å². The number of rotatable bonds is 3. The van der Waals surface area contributed by atoms with Crippen LogP contribution < -0.4 is 11.1 Å². The van der Waals surface area contributed by atoms with E-state index in [1.54, 1.807) is 0 Å². The molecule has 2 aromatic rings. The van der Waals surface area contributed by atoms with E-state index in [0.717, 1.165) is 29.3 Å². The fraction of sp³-hybridized carbons (Fsp3) is 0.167. The summed E-state index contributed by atoms with van der Waals surface area (Å²) < 4.78 is 0. The highest BCUT2D eigenvalue weighted by atomic mass is 15.2. The highest BCUT2D eigenvalue weighted by Crippen LogP contribution is 2.16. The molecule has 16 heavy (non-hydrogen) atoms. The number of nitrogens with zero attached hydrogens (tertiary/aromatic N) is 2. The third-order valence-electron chi connectivity index (χ3n) is 2.24. The van der Waals surface area contributed by atoms with Crippen molar-refractivity contribution in [2.75, 3.05) is 11.1 Å². The molecule has 0 saturated carbocycles. The lowest BCUT2D eigenvalue weighted by molar-refractivity contribution is 0.924. The largest absolute Gasteiger partial charge is 0.399 e. The van der Waals surface area contributed by atoms with Gasteiger partial charge in [-0.05, 0) is 36.8 Å². The van der Waals surface area contributed by atoms with Gasteiger partial charge in [-0.3, -0.25) is 0 Å². The SMILES string of the molecule is CCc1ccc(Nc2cccc(N)c2)nn1. The number of hydrogen-bond acceptors (Lipinski definition) is 4. The fourth-order valence-electron chi connectivity index (χ4n) is 1.38. The summed E-state index contributed by atoms with van der Waals surface area (Å²) in [6.45, 7) is 2.05. The zero-order valence-electron chi connectivity index (χ0n) is 9.14. The Hall–Kier alpha value is -2.10. The molecule has 1 aromatic carbocycles. The van der Waals surface area contributed by atoms with Crippen LogP contribution in [0.5, 0.6) is 0 Å². The van der Waals surface area contributed by atoms with Crippen molar-refractivity contribution < 1.29 is 0 Å². The molecule has 0 aliphatic carbocycles. The molecule has 2 rings (SSSR count). The van der Waals surface area contributed by atoms with Crippen LogP contribution in [0.4, 0.5) is 17.2 Å². The van der Waals surface area contributed by atoms with E-state index < -0.39 is 0 Å². The molecule has 0 unspecified atom stereocenters. The van der Waals surface area contributed by atoms with Crippen molar-refractivity contribution in [3.63, 3.8) is 0 Å². The Labute approximate surface area is 94.5 Å². The summed E-state index contributed by atoms with van der Waals surface area (Å²) in [6.07, 6.45) is 0.894. The van der Waals surface area contributed by atoms with Crippen molar-refractivity contribution in [3.05, 3.63) is 42.1 Å². The summed E-state index contributed by atoms with van der Waals surface area (Å²) in [5.41, 5.74) is 8.31. The summed E-state index contributed by atoms with van der Waals surface area (Å²) >= 11 is 0. The zero-order chi connectivity index (χ0) is 11.4. The lowest BCUT2D eigenvalue weighted by atomic mass is 10.3. The molecule has 4 nitrogen and oxygen atoms in total. The Kier molecular flexibility index (Phi) is 3.00. The van der Waals surface area contributed by atoms with Gasteiger partial charge in [0.05, 0.1) is 5.69 Å². The van der Waals surface area contributed by atoms with Gasteiger partial charge in [0.2, 0.25) is 0 Å². The number of benzene rings is 1. The number of aromatic nitrogens is 2. The molecule has 0 fully saturated rings. The van der Waals surface area contributed by atoms with Crippen LogP contribution in [0.3, 0.4) is 0 Å². The Morgan fingerprint density at radius 2 is 2.06 bits per heavy atom. The topological polar surface area (TPSA) is 63.8 Å². The first kappa shape index (κ1) is 10.4. The summed E-state index contributed by atoms with van der Waals surface area (Å²) in [6, 6.07) is 11.4. The molecule has 0 amide bonds. The standard InChI is InChI=1S/C12H14N4/c1-2-10-6-7-12(16-15-10)14-11-5-3-4-9(13)8-11/h3-8H,2,13H2,1H3,(H,14,16). The summed E-state index contributed by atoms with van der Waals surface area (Å²) in [5, 5.41) is 11.3. The molecular formula is C12H14N4. The predicted octanol–water partition coefficient (Wildman–Crippen LogP) is 2.36. The average molecular weight is 214 g/mol. The second-order valence-corrected chi connectivity index (χ2v) is 3.51. The number of aryl methyl sites for hydroxylation is 1. The lowest BCUT2D eigenvalue weighted by Crippen LogP contribution is -1.98. The van der Waals surface area contributed by atoms with Crippen LogP contribution in [-0.2, 0) is 6.42 Å². The normalized spacial score (nSPS) is 10.1. The van der Waals surface area contributed by atoms with Crippen molar-refractivity contribution >= 4 is 17.2 Å². The highest BCUT2D eigenvalue weighted by molar-refractivity contribution is 5.60. The minimum atomic E-state index is 0.725. The van der Waals surface area contributed by atoms with Gasteiger partial charge in [0.15, 0.2) is 5.82 Å². The van der Waals surface area contributed by atoms with Crippen LogP contribution >= 0.6 is 0 Å². The third kappa shape index (κ3) is 2.48. The maximum absolute atomic E-state index is 5.68. The molecule has 3 N–H and O–H groups in total. The second kappa shape index (κ2) is 4.61. The van der Waals surface area contributed by atoms with Crippen LogP contribution in [0.25, 0.3) is 0 Å². The minimum Gasteiger partial charge on any atom is -0.399 e. The third-order valence-corrected chi connectivity index (χ3v) is 2.24. The number of nitrogens with one attached hydrogen (secondary N) is 1. The molecule has 0 saturated heterocycles. The molecule has 0 aliphatic heterocycles. The number of hydrogen-bond donors (Lipinski definition) is 2. The van der Waals surface area contributed by atoms with E-state index in [-0.39, 0.29) is 0 Å². The van der Waals surface area contributed by atoms with E-state index >= 15 is 0 Å². The van der Waals surface area contributed by atoms with Crippen LogP contribution in [0, 0.1) is 0 Å². The smallest absolute Gasteiger partial charge is 0.153 e. The van der Waals surface area contributed by atoms with Crippen LogP contribution in [0.1, 0.15) is 12.6 Å². The first-order valence-corrected chi connectivity index (χ1v) is 5.23. The molecule has 4 heteroatoms. The van der Waals surface area contributed by atoms with Gasteiger partial charge >= 0.3 is 0 Å². The maximum atomic E-state index is 5.68. The van der Waals surface area contributed by atoms with E-state index in [1.165, 1.54) is 0 Å². The van der Waals surface area contributed by atoms with Crippen LogP contribution in [-0.4, -0.2) is 10.2 Å². The first-order chi connectivity index (χ1) is 7.78. The fourth-order valence-corrected chi connectivity index (χ4v) is 1.38. The van der Waals surface area contributed by atoms with Crippen molar-refractivity contribution in [1.82, 2.24) is 10.2 Å². The number of anilines is 3. The zero-order valence-corrected chi connectivity index (χ0v) is 9.14. The Balaban J connectivity index is 2.14. The second-order valence-electron chi connectivity index (χ2n) is 3.51. The molecule has 0 spiro atoms. The Bertz CT molecular complexity index is 465. The van der Waals surface area contributed by atoms with Gasteiger partial charge in [-0.25, -0.2) is 0 Å². The molecule has 0 bridgehead atoms. The number of nitrogen functional groups attached to an aromatic ring is 1. The van der Waals surface area contributed by atoms with Crippen molar-refractivity contribution in [2.24, 2.45) is 0 Å². The van der Waals surface area contributed by atoms with E-state index in [4.69, 9.17) is 5.73 Å². The maximum Gasteiger partial charge on any atom is 0.153 e. The molecular weight excluding hydrogens is 200 g/mol. The number of nitrogens with two attached hydrogens (primary N) is 1. The van der Waals surface area contributed by atoms with E-state index in [0.29, 0.717) is 0 Å². The van der Waals surface area contributed by atoms with Gasteiger partial charge in [0, 0.05) is 11.4 Å². The summed E-state index contributed by atoms with van der Waals surface area (Å²) in [4.78, 5) is 0. The lowest BCUT2D eigenvalue weighted by Gasteiger charge is -2.05. The monoisotopic (exact) mass is 214 g/mol. The van der Waals surface area contributed by atoms with Gasteiger partial charge in [-0.1, -0.05) is 13.0 Å². The van der Waals surface area contributed by atoms with Crippen molar-refractivity contribution in [3.8, 4) is 0 Å². The van der Waals surface area contributed by atoms with E-state index in [1.807, 2.05) is 36.4 Å². The molecule has 0 atom stereocenters. The molecule has 0 radical (unpaired) electrons. The molecule has 1 aromatic heterocycles. The van der Waals surface area contributed by atoms with Gasteiger partial charge in [-0.2, -0.15) is 5.10 Å². The quantitative estimate of drug-likeness (QED) is 0.770. The van der Waals surface area contributed by atoms with Crippen LogP contribution in [0.2, 0.25) is 0 Å². The van der Waals surface area contributed by atoms with Crippen LogP contribution in [0.15, 0.2) is 36.4 Å². The van der Waals surface area contributed by atoms with E-state index in [9.17, 15) is 0 Å². The van der Waals surface area contributed by atoms with Gasteiger partial charge in [-0.15, -0.1) is 5.10 Å². The predicted molar refractivity (Wildman–Crippen MR) is 65.5 cm³/mol. The average Bonchev–Trinajstić information content (AvgIpc) is 2.30. The summed E-state index contributed by atoms with van der Waals surface area (Å²) in [5.74, 6) is 0.725. The minimum absolute atomic E-state index is 0.725. The van der Waals surface area contributed by atoms with Gasteiger partial charge in [0.1, 0.15) is 0 Å². The molecule has 0 aliphatic rings. The molecule has 82 valence electrons. The Morgan fingerprint density at radius 3 is 2.69 bits per heavy atom. The summed E-state index contributed by atoms with van der Waals surface area (Å²) in [7, 11) is 0. The van der Waals surface area contributed by atoms with Gasteiger partial charge in [0.25, 0.3) is 0 Å².